The number of rotatable bonds is 18. The van der Waals surface area contributed by atoms with Crippen molar-refractivity contribution in [1.29, 1.82) is 0 Å². The summed E-state index contributed by atoms with van der Waals surface area (Å²) in [5.41, 5.74) is 2.88. The smallest absolute Gasteiger partial charge is 0.240 e. The van der Waals surface area contributed by atoms with Crippen molar-refractivity contribution in [1.82, 2.24) is 19.3 Å². The zero-order valence-corrected chi connectivity index (χ0v) is 24.5. The maximum Gasteiger partial charge on any atom is 0.240 e. The van der Waals surface area contributed by atoms with Crippen LogP contribution in [0.5, 0.6) is 0 Å². The number of aromatic nitrogens is 3. The average molecular weight is 543 g/mol. The molecule has 3 rings (SSSR count). The molecule has 0 aliphatic heterocycles. The second-order valence-corrected chi connectivity index (χ2v) is 12.5. The van der Waals surface area contributed by atoms with Crippen LogP contribution in [0.3, 0.4) is 0 Å². The molecule has 1 atom stereocenters. The number of imidazole rings is 1. The van der Waals surface area contributed by atoms with Gasteiger partial charge < -0.3 is 9.30 Å². The van der Waals surface area contributed by atoms with Gasteiger partial charge in [-0.3, -0.25) is 4.98 Å². The van der Waals surface area contributed by atoms with Gasteiger partial charge in [-0.2, -0.15) is 0 Å². The van der Waals surface area contributed by atoms with Crippen LogP contribution in [0.15, 0.2) is 47.6 Å². The van der Waals surface area contributed by atoms with Crippen molar-refractivity contribution in [2.75, 3.05) is 13.2 Å². The van der Waals surface area contributed by atoms with E-state index in [2.05, 4.69) is 40.0 Å². The van der Waals surface area contributed by atoms with E-state index in [1.807, 2.05) is 25.1 Å². The van der Waals surface area contributed by atoms with Crippen LogP contribution in [0.25, 0.3) is 11.0 Å². The lowest BCUT2D eigenvalue weighted by atomic mass is 10.1. The number of ether oxygens (including phenoxy) is 1. The SMILES string of the molecule is CCCCCCCCCCOC[C@H](CC(C)C)NS(=O)(=O)c1ccc(Cn2c(C)nc3cnccc32)cc1. The fourth-order valence-corrected chi connectivity index (χ4v) is 6.06. The first kappa shape index (κ1) is 30.3. The first-order valence-electron chi connectivity index (χ1n) is 14.3. The number of aryl methyl sites for hydroxylation is 1. The summed E-state index contributed by atoms with van der Waals surface area (Å²) in [6.07, 6.45) is 14.3. The molecule has 0 bridgehead atoms. The second kappa shape index (κ2) is 15.3. The third-order valence-corrected chi connectivity index (χ3v) is 8.39. The first-order chi connectivity index (χ1) is 18.3. The quantitative estimate of drug-likeness (QED) is 0.182. The van der Waals surface area contributed by atoms with E-state index >= 15 is 0 Å². The molecule has 0 fully saturated rings. The van der Waals surface area contributed by atoms with Crippen molar-refractivity contribution in [2.24, 2.45) is 5.92 Å². The highest BCUT2D eigenvalue weighted by molar-refractivity contribution is 7.89. The van der Waals surface area contributed by atoms with Crippen LogP contribution in [-0.4, -0.2) is 42.2 Å². The van der Waals surface area contributed by atoms with Gasteiger partial charge >= 0.3 is 0 Å². The lowest BCUT2D eigenvalue weighted by Crippen LogP contribution is -2.39. The van der Waals surface area contributed by atoms with Gasteiger partial charge in [-0.1, -0.05) is 77.8 Å². The molecule has 0 spiro atoms. The van der Waals surface area contributed by atoms with E-state index in [9.17, 15) is 8.42 Å². The highest BCUT2D eigenvalue weighted by Crippen LogP contribution is 2.19. The Bertz CT molecular complexity index is 1210. The molecule has 210 valence electrons. The standard InChI is InChI=1S/C30H46N4O3S/c1-5-6-7-8-9-10-11-12-19-37-23-27(20-24(2)3)33-38(35,36)28-15-13-26(14-16-28)22-34-25(4)32-29-21-31-18-17-30(29)34/h13-18,21,24,27,33H,5-12,19-20,22-23H2,1-4H3/t27-/m0/s1. The summed E-state index contributed by atoms with van der Waals surface area (Å²) in [5.74, 6) is 1.26. The summed E-state index contributed by atoms with van der Waals surface area (Å²) in [5, 5.41) is 0. The lowest BCUT2D eigenvalue weighted by molar-refractivity contribution is 0.107. The lowest BCUT2D eigenvalue weighted by Gasteiger charge is -2.21. The third-order valence-electron chi connectivity index (χ3n) is 6.85. The van der Waals surface area contributed by atoms with Crippen LogP contribution in [-0.2, 0) is 21.3 Å². The summed E-state index contributed by atoms with van der Waals surface area (Å²) >= 11 is 0. The van der Waals surface area contributed by atoms with Crippen LogP contribution in [0.4, 0.5) is 0 Å². The molecule has 1 N–H and O–H groups in total. The van der Waals surface area contributed by atoms with E-state index in [0.29, 0.717) is 25.7 Å². The topological polar surface area (TPSA) is 86.1 Å². The van der Waals surface area contributed by atoms with E-state index in [-0.39, 0.29) is 10.9 Å². The molecule has 0 radical (unpaired) electrons. The van der Waals surface area contributed by atoms with Gasteiger partial charge in [0.2, 0.25) is 10.0 Å². The number of benzene rings is 1. The number of unbranched alkanes of at least 4 members (excludes halogenated alkanes) is 7. The molecule has 8 heteroatoms. The number of nitrogens with one attached hydrogen (secondary N) is 1. The Balaban J connectivity index is 1.51. The van der Waals surface area contributed by atoms with Crippen LogP contribution in [0, 0.1) is 12.8 Å². The molecule has 2 heterocycles. The zero-order valence-electron chi connectivity index (χ0n) is 23.7. The number of hydrogen-bond acceptors (Lipinski definition) is 5. The van der Waals surface area contributed by atoms with Gasteiger partial charge in [0.05, 0.1) is 23.2 Å². The van der Waals surface area contributed by atoms with Crippen molar-refractivity contribution in [2.45, 2.75) is 103 Å². The van der Waals surface area contributed by atoms with E-state index < -0.39 is 10.0 Å². The highest BCUT2D eigenvalue weighted by atomic mass is 32.2. The van der Waals surface area contributed by atoms with Crippen LogP contribution in [0.2, 0.25) is 0 Å². The molecule has 0 saturated carbocycles. The minimum absolute atomic E-state index is 0.248. The molecule has 0 unspecified atom stereocenters. The average Bonchev–Trinajstić information content (AvgIpc) is 3.19. The largest absolute Gasteiger partial charge is 0.380 e. The molecule has 0 amide bonds. The molecule has 1 aromatic carbocycles. The molecular formula is C30H46N4O3S. The van der Waals surface area contributed by atoms with Crippen LogP contribution >= 0.6 is 0 Å². The van der Waals surface area contributed by atoms with Crippen LogP contribution in [0.1, 0.15) is 89.9 Å². The minimum Gasteiger partial charge on any atom is -0.380 e. The van der Waals surface area contributed by atoms with Gasteiger partial charge in [0.1, 0.15) is 11.3 Å². The van der Waals surface area contributed by atoms with Crippen molar-refractivity contribution in [3.63, 3.8) is 0 Å². The van der Waals surface area contributed by atoms with Crippen molar-refractivity contribution in [3.8, 4) is 0 Å². The van der Waals surface area contributed by atoms with Gasteiger partial charge in [0.25, 0.3) is 0 Å². The van der Waals surface area contributed by atoms with Crippen molar-refractivity contribution >= 4 is 21.1 Å². The highest BCUT2D eigenvalue weighted by Gasteiger charge is 2.21. The zero-order chi connectivity index (χ0) is 27.4. The fraction of sp³-hybridized carbons (Fsp3) is 0.600. The molecule has 0 saturated heterocycles. The van der Waals surface area contributed by atoms with Crippen molar-refractivity contribution < 1.29 is 13.2 Å². The predicted octanol–water partition coefficient (Wildman–Crippen LogP) is 6.64. The van der Waals surface area contributed by atoms with Gasteiger partial charge in [0, 0.05) is 25.4 Å². The Labute approximate surface area is 229 Å². The Morgan fingerprint density at radius 2 is 1.66 bits per heavy atom. The van der Waals surface area contributed by atoms with Crippen molar-refractivity contribution in [3.05, 3.63) is 54.1 Å². The maximum atomic E-state index is 13.2. The number of sulfonamides is 1. The summed E-state index contributed by atoms with van der Waals surface area (Å²) in [6, 6.07) is 8.81. The Morgan fingerprint density at radius 3 is 2.34 bits per heavy atom. The molecule has 7 nitrogen and oxygen atoms in total. The van der Waals surface area contributed by atoms with Gasteiger partial charge in [-0.25, -0.2) is 18.1 Å². The Hall–Kier alpha value is -2.29. The molecular weight excluding hydrogens is 496 g/mol. The summed E-state index contributed by atoms with van der Waals surface area (Å²) in [4.78, 5) is 8.98. The molecule has 0 aliphatic rings. The van der Waals surface area contributed by atoms with Crippen LogP contribution < -0.4 is 4.72 Å². The number of hydrogen-bond donors (Lipinski definition) is 1. The predicted molar refractivity (Wildman–Crippen MR) is 155 cm³/mol. The Morgan fingerprint density at radius 1 is 0.974 bits per heavy atom. The molecule has 2 aromatic heterocycles. The summed E-state index contributed by atoms with van der Waals surface area (Å²) in [7, 11) is -3.65. The number of pyridine rings is 1. The maximum absolute atomic E-state index is 13.2. The van der Waals surface area contributed by atoms with Gasteiger partial charge in [-0.15, -0.1) is 0 Å². The van der Waals surface area contributed by atoms with E-state index in [4.69, 9.17) is 4.74 Å². The molecule has 3 aromatic rings. The van der Waals surface area contributed by atoms with E-state index in [1.165, 1.54) is 44.9 Å². The van der Waals surface area contributed by atoms with Gasteiger partial charge in [-0.05, 0) is 49.4 Å². The summed E-state index contributed by atoms with van der Waals surface area (Å²) < 4.78 is 37.3. The van der Waals surface area contributed by atoms with E-state index in [1.54, 1.807) is 24.5 Å². The number of fused-ring (bicyclic) bond motifs is 1. The summed E-state index contributed by atoms with van der Waals surface area (Å²) in [6.45, 7) is 10.1. The Kier molecular flexibility index (Phi) is 12.2. The second-order valence-electron chi connectivity index (χ2n) is 10.8. The van der Waals surface area contributed by atoms with Gasteiger partial charge in [0.15, 0.2) is 0 Å². The molecule has 0 aliphatic carbocycles. The number of nitrogens with zero attached hydrogens (tertiary/aromatic N) is 3. The first-order valence-corrected chi connectivity index (χ1v) is 15.7. The van der Waals surface area contributed by atoms with E-state index in [0.717, 1.165) is 35.3 Å². The molecule has 38 heavy (non-hydrogen) atoms. The monoisotopic (exact) mass is 542 g/mol. The minimum atomic E-state index is -3.65. The normalized spacial score (nSPS) is 13.0. The fourth-order valence-electron chi connectivity index (χ4n) is 4.83. The third kappa shape index (κ3) is 9.47.